The number of benzene rings is 1. The van der Waals surface area contributed by atoms with E-state index >= 15 is 0 Å². The van der Waals surface area contributed by atoms with E-state index in [1.165, 1.54) is 0 Å². The standard InChI is InChI=1S/C10H9BrO/c11-10-7-2-1-5-9(10)6-3-4-8-12/h1-3,5-8H,4H2/b6-3+. The van der Waals surface area contributed by atoms with Crippen LogP contribution in [0.2, 0.25) is 0 Å². The number of hydrogen-bond donors (Lipinski definition) is 0. The van der Waals surface area contributed by atoms with Gasteiger partial charge in [0, 0.05) is 10.9 Å². The summed E-state index contributed by atoms with van der Waals surface area (Å²) < 4.78 is 1.05. The summed E-state index contributed by atoms with van der Waals surface area (Å²) in [4.78, 5) is 10.0. The molecule has 1 nitrogen and oxygen atoms in total. The summed E-state index contributed by atoms with van der Waals surface area (Å²) in [6.45, 7) is 0. The van der Waals surface area contributed by atoms with Gasteiger partial charge in [0.1, 0.15) is 6.29 Å². The summed E-state index contributed by atoms with van der Waals surface area (Å²) in [5, 5.41) is 0. The molecule has 0 saturated heterocycles. The highest BCUT2D eigenvalue weighted by atomic mass is 79.9. The van der Waals surface area contributed by atoms with Crippen LogP contribution in [0.1, 0.15) is 12.0 Å². The molecule has 0 unspecified atom stereocenters. The SMILES string of the molecule is O=CC/C=C/c1ccccc1Br. The first-order valence-electron chi connectivity index (χ1n) is 3.69. The third-order valence-corrected chi connectivity index (χ3v) is 2.16. The quantitative estimate of drug-likeness (QED) is 0.722. The highest BCUT2D eigenvalue weighted by Gasteiger charge is 1.90. The molecular weight excluding hydrogens is 216 g/mol. The monoisotopic (exact) mass is 224 g/mol. The Bertz CT molecular complexity index is 292. The Balaban J connectivity index is 2.74. The molecule has 1 aromatic rings. The van der Waals surface area contributed by atoms with Crippen molar-refractivity contribution in [3.63, 3.8) is 0 Å². The van der Waals surface area contributed by atoms with E-state index in [9.17, 15) is 4.79 Å². The summed E-state index contributed by atoms with van der Waals surface area (Å²) >= 11 is 3.41. The molecule has 0 aliphatic heterocycles. The topological polar surface area (TPSA) is 17.1 Å². The number of rotatable bonds is 3. The fraction of sp³-hybridized carbons (Fsp3) is 0.100. The van der Waals surface area contributed by atoms with E-state index in [1.54, 1.807) is 0 Å². The first kappa shape index (κ1) is 9.20. The smallest absolute Gasteiger partial charge is 0.123 e. The second-order valence-electron chi connectivity index (χ2n) is 2.33. The van der Waals surface area contributed by atoms with Crippen LogP contribution in [-0.4, -0.2) is 6.29 Å². The zero-order valence-electron chi connectivity index (χ0n) is 6.53. The van der Waals surface area contributed by atoms with E-state index in [0.717, 1.165) is 16.3 Å². The molecule has 0 N–H and O–H groups in total. The first-order valence-corrected chi connectivity index (χ1v) is 4.48. The van der Waals surface area contributed by atoms with Crippen LogP contribution >= 0.6 is 15.9 Å². The lowest BCUT2D eigenvalue weighted by atomic mass is 10.2. The molecule has 2 heteroatoms. The molecule has 1 rings (SSSR count). The van der Waals surface area contributed by atoms with Crippen LogP contribution in [0.4, 0.5) is 0 Å². The van der Waals surface area contributed by atoms with Gasteiger partial charge in [-0.15, -0.1) is 0 Å². The summed E-state index contributed by atoms with van der Waals surface area (Å²) in [6.07, 6.45) is 5.13. The van der Waals surface area contributed by atoms with Gasteiger partial charge in [-0.1, -0.05) is 46.3 Å². The van der Waals surface area contributed by atoms with Crippen molar-refractivity contribution < 1.29 is 4.79 Å². The normalized spacial score (nSPS) is 10.4. The molecule has 0 heterocycles. The Morgan fingerprint density at radius 3 is 2.75 bits per heavy atom. The minimum Gasteiger partial charge on any atom is -0.303 e. The Kier molecular flexibility index (Phi) is 3.74. The molecule has 0 radical (unpaired) electrons. The van der Waals surface area contributed by atoms with Crippen LogP contribution in [0.3, 0.4) is 0 Å². The average molecular weight is 225 g/mol. The first-order chi connectivity index (χ1) is 5.84. The third-order valence-electron chi connectivity index (χ3n) is 1.43. The van der Waals surface area contributed by atoms with Gasteiger partial charge in [0.2, 0.25) is 0 Å². The zero-order valence-corrected chi connectivity index (χ0v) is 8.12. The van der Waals surface area contributed by atoms with Gasteiger partial charge in [-0.25, -0.2) is 0 Å². The molecule has 0 amide bonds. The average Bonchev–Trinajstić information content (AvgIpc) is 2.09. The van der Waals surface area contributed by atoms with Gasteiger partial charge in [0.05, 0.1) is 0 Å². The van der Waals surface area contributed by atoms with Crippen molar-refractivity contribution in [3.05, 3.63) is 40.4 Å². The number of carbonyl (C=O) groups excluding carboxylic acids is 1. The van der Waals surface area contributed by atoms with Crippen LogP contribution in [0.5, 0.6) is 0 Å². The van der Waals surface area contributed by atoms with Crippen molar-refractivity contribution in [2.45, 2.75) is 6.42 Å². The molecule has 1 aromatic carbocycles. The Labute approximate surface area is 80.2 Å². The van der Waals surface area contributed by atoms with Crippen molar-refractivity contribution in [2.24, 2.45) is 0 Å². The Morgan fingerprint density at radius 2 is 2.08 bits per heavy atom. The van der Waals surface area contributed by atoms with E-state index in [-0.39, 0.29) is 0 Å². The Morgan fingerprint density at radius 1 is 1.33 bits per heavy atom. The number of hydrogen-bond acceptors (Lipinski definition) is 1. The predicted molar refractivity (Wildman–Crippen MR) is 53.9 cm³/mol. The number of carbonyl (C=O) groups is 1. The second-order valence-corrected chi connectivity index (χ2v) is 3.18. The van der Waals surface area contributed by atoms with Crippen LogP contribution in [-0.2, 0) is 4.79 Å². The molecule has 0 atom stereocenters. The highest BCUT2D eigenvalue weighted by molar-refractivity contribution is 9.10. The predicted octanol–water partition coefficient (Wildman–Crippen LogP) is 3.05. The maximum absolute atomic E-state index is 10.0. The van der Waals surface area contributed by atoms with Gasteiger partial charge in [-0.3, -0.25) is 0 Å². The molecule has 0 fully saturated rings. The number of aldehydes is 1. The minimum absolute atomic E-state index is 0.474. The highest BCUT2D eigenvalue weighted by Crippen LogP contribution is 2.16. The molecule has 0 bridgehead atoms. The van der Waals surface area contributed by atoms with Gasteiger partial charge >= 0.3 is 0 Å². The molecule has 0 aromatic heterocycles. The summed E-state index contributed by atoms with van der Waals surface area (Å²) in [5.41, 5.74) is 1.10. The van der Waals surface area contributed by atoms with Crippen molar-refractivity contribution in [1.29, 1.82) is 0 Å². The van der Waals surface area contributed by atoms with Crippen molar-refractivity contribution >= 4 is 28.3 Å². The van der Waals surface area contributed by atoms with Gasteiger partial charge in [0.25, 0.3) is 0 Å². The minimum atomic E-state index is 0.474. The van der Waals surface area contributed by atoms with Gasteiger partial charge in [0.15, 0.2) is 0 Å². The van der Waals surface area contributed by atoms with E-state index in [4.69, 9.17) is 0 Å². The van der Waals surface area contributed by atoms with Crippen LogP contribution in [0.25, 0.3) is 6.08 Å². The summed E-state index contributed by atoms with van der Waals surface area (Å²) in [6, 6.07) is 7.89. The van der Waals surface area contributed by atoms with Crippen molar-refractivity contribution in [3.8, 4) is 0 Å². The maximum atomic E-state index is 10.0. The molecule has 0 aliphatic carbocycles. The van der Waals surface area contributed by atoms with E-state index in [0.29, 0.717) is 6.42 Å². The Hall–Kier alpha value is -0.890. The summed E-state index contributed by atoms with van der Waals surface area (Å²) in [7, 11) is 0. The lowest BCUT2D eigenvalue weighted by molar-refractivity contribution is -0.107. The molecule has 0 saturated carbocycles. The van der Waals surface area contributed by atoms with Crippen LogP contribution < -0.4 is 0 Å². The third kappa shape index (κ3) is 2.62. The van der Waals surface area contributed by atoms with Crippen LogP contribution in [0, 0.1) is 0 Å². The van der Waals surface area contributed by atoms with E-state index < -0.39 is 0 Å². The van der Waals surface area contributed by atoms with E-state index in [1.807, 2.05) is 36.4 Å². The maximum Gasteiger partial charge on any atom is 0.123 e. The van der Waals surface area contributed by atoms with Gasteiger partial charge < -0.3 is 4.79 Å². The van der Waals surface area contributed by atoms with E-state index in [2.05, 4.69) is 15.9 Å². The lowest BCUT2D eigenvalue weighted by Gasteiger charge is -1.95. The molecular formula is C10H9BrO. The molecule has 62 valence electrons. The van der Waals surface area contributed by atoms with Gasteiger partial charge in [-0.2, -0.15) is 0 Å². The fourth-order valence-corrected chi connectivity index (χ4v) is 1.28. The second kappa shape index (κ2) is 4.88. The lowest BCUT2D eigenvalue weighted by Crippen LogP contribution is -1.73. The molecule has 0 aliphatic rings. The molecule has 12 heavy (non-hydrogen) atoms. The molecule has 0 spiro atoms. The zero-order chi connectivity index (χ0) is 8.81. The largest absolute Gasteiger partial charge is 0.303 e. The number of allylic oxidation sites excluding steroid dienone is 1. The fourth-order valence-electron chi connectivity index (χ4n) is 0.861. The number of halogens is 1. The van der Waals surface area contributed by atoms with Crippen molar-refractivity contribution in [1.82, 2.24) is 0 Å². The van der Waals surface area contributed by atoms with Crippen molar-refractivity contribution in [2.75, 3.05) is 0 Å². The summed E-state index contributed by atoms with van der Waals surface area (Å²) in [5.74, 6) is 0. The van der Waals surface area contributed by atoms with Gasteiger partial charge in [-0.05, 0) is 11.6 Å². The van der Waals surface area contributed by atoms with Crippen LogP contribution in [0.15, 0.2) is 34.8 Å².